The van der Waals surface area contributed by atoms with E-state index in [1.54, 1.807) is 0 Å². The summed E-state index contributed by atoms with van der Waals surface area (Å²) in [5.74, 6) is -0.779. The Morgan fingerprint density at radius 1 is 1.35 bits per heavy atom. The van der Waals surface area contributed by atoms with E-state index in [2.05, 4.69) is 20.7 Å². The molecule has 0 atom stereocenters. The van der Waals surface area contributed by atoms with Crippen molar-refractivity contribution >= 4 is 26.0 Å². The molecule has 0 aliphatic carbocycles. The van der Waals surface area contributed by atoms with Gasteiger partial charge >= 0.3 is 0 Å². The summed E-state index contributed by atoms with van der Waals surface area (Å²) in [7, 11) is -3.79. The van der Waals surface area contributed by atoms with Crippen LogP contribution in [0.5, 0.6) is 0 Å². The number of hydrogen-bond acceptors (Lipinski definition) is 3. The van der Waals surface area contributed by atoms with Crippen LogP contribution in [0.25, 0.3) is 0 Å². The second kappa shape index (κ2) is 6.44. The Balaban J connectivity index is 2.79. The van der Waals surface area contributed by atoms with Gasteiger partial charge in [-0.1, -0.05) is 6.07 Å². The Kier molecular flexibility index (Phi) is 5.51. The number of rotatable bonds is 6. The van der Waals surface area contributed by atoms with E-state index in [-0.39, 0.29) is 15.9 Å². The number of benzene rings is 1. The smallest absolute Gasteiger partial charge is 0.243 e. The van der Waals surface area contributed by atoms with Crippen molar-refractivity contribution in [3.63, 3.8) is 0 Å². The molecule has 1 rings (SSSR count). The van der Waals surface area contributed by atoms with Gasteiger partial charge in [-0.3, -0.25) is 0 Å². The van der Waals surface area contributed by atoms with Gasteiger partial charge in [0.2, 0.25) is 10.0 Å². The lowest BCUT2D eigenvalue weighted by Gasteiger charge is -2.08. The van der Waals surface area contributed by atoms with Crippen molar-refractivity contribution < 1.29 is 12.8 Å². The summed E-state index contributed by atoms with van der Waals surface area (Å²) in [6.07, 6.45) is 1.36. The summed E-state index contributed by atoms with van der Waals surface area (Å²) in [5.41, 5.74) is 5.29. The number of nitrogens with two attached hydrogens (primary N) is 1. The van der Waals surface area contributed by atoms with Crippen molar-refractivity contribution in [2.24, 2.45) is 5.73 Å². The highest BCUT2D eigenvalue weighted by molar-refractivity contribution is 9.10. The zero-order valence-corrected chi connectivity index (χ0v) is 11.5. The number of hydrogen-bond donors (Lipinski definition) is 2. The summed E-state index contributed by atoms with van der Waals surface area (Å²) >= 11 is 2.95. The lowest BCUT2D eigenvalue weighted by molar-refractivity contribution is 0.551. The fourth-order valence-corrected chi connectivity index (χ4v) is 2.91. The van der Waals surface area contributed by atoms with Gasteiger partial charge < -0.3 is 5.73 Å². The molecule has 96 valence electrons. The molecular formula is C10H14BrFN2O2S. The molecule has 0 aromatic heterocycles. The second-order valence-electron chi connectivity index (χ2n) is 3.45. The summed E-state index contributed by atoms with van der Waals surface area (Å²) in [6, 6.07) is 4.15. The van der Waals surface area contributed by atoms with Crippen LogP contribution < -0.4 is 10.5 Å². The standard InChI is InChI=1S/C10H14BrFN2O2S/c11-8-4-3-5-9(10(8)12)17(15,16)14-7-2-1-6-13/h3-5,14H,1-2,6-7,13H2. The summed E-state index contributed by atoms with van der Waals surface area (Å²) in [4.78, 5) is -0.348. The molecule has 0 radical (unpaired) electrons. The number of sulfonamides is 1. The predicted molar refractivity (Wildman–Crippen MR) is 67.6 cm³/mol. The third kappa shape index (κ3) is 4.02. The van der Waals surface area contributed by atoms with E-state index in [1.807, 2.05) is 0 Å². The monoisotopic (exact) mass is 324 g/mol. The molecule has 17 heavy (non-hydrogen) atoms. The average molecular weight is 325 g/mol. The Bertz CT molecular complexity index is 479. The van der Waals surface area contributed by atoms with Crippen LogP contribution in [0, 0.1) is 5.82 Å². The van der Waals surface area contributed by atoms with E-state index in [0.717, 1.165) is 6.42 Å². The topological polar surface area (TPSA) is 72.2 Å². The minimum Gasteiger partial charge on any atom is -0.330 e. The second-order valence-corrected chi connectivity index (χ2v) is 6.04. The highest BCUT2D eigenvalue weighted by Gasteiger charge is 2.19. The van der Waals surface area contributed by atoms with Crippen LogP contribution in [0.4, 0.5) is 4.39 Å². The van der Waals surface area contributed by atoms with Crippen LogP contribution in [0.15, 0.2) is 27.6 Å². The minimum absolute atomic E-state index is 0.127. The van der Waals surface area contributed by atoms with Crippen LogP contribution in [-0.4, -0.2) is 21.5 Å². The third-order valence-electron chi connectivity index (χ3n) is 2.13. The van der Waals surface area contributed by atoms with Crippen molar-refractivity contribution in [3.8, 4) is 0 Å². The van der Waals surface area contributed by atoms with Gasteiger partial charge in [0, 0.05) is 6.54 Å². The zero-order valence-electron chi connectivity index (χ0n) is 9.12. The molecule has 0 aliphatic rings. The minimum atomic E-state index is -3.79. The molecule has 4 nitrogen and oxygen atoms in total. The van der Waals surface area contributed by atoms with Gasteiger partial charge in [-0.2, -0.15) is 0 Å². The van der Waals surface area contributed by atoms with Crippen molar-refractivity contribution in [2.45, 2.75) is 17.7 Å². The third-order valence-corrected chi connectivity index (χ3v) is 4.22. The van der Waals surface area contributed by atoms with Gasteiger partial charge in [-0.25, -0.2) is 17.5 Å². The maximum Gasteiger partial charge on any atom is 0.243 e. The molecule has 0 amide bonds. The molecule has 0 saturated heterocycles. The Morgan fingerprint density at radius 2 is 2.06 bits per heavy atom. The van der Waals surface area contributed by atoms with Crippen LogP contribution in [0.1, 0.15) is 12.8 Å². The Hall–Kier alpha value is -0.500. The molecule has 3 N–H and O–H groups in total. The highest BCUT2D eigenvalue weighted by Crippen LogP contribution is 2.22. The maximum atomic E-state index is 13.6. The van der Waals surface area contributed by atoms with Gasteiger partial charge in [0.25, 0.3) is 0 Å². The van der Waals surface area contributed by atoms with Crippen molar-refractivity contribution in [3.05, 3.63) is 28.5 Å². The van der Waals surface area contributed by atoms with E-state index in [4.69, 9.17) is 5.73 Å². The van der Waals surface area contributed by atoms with Gasteiger partial charge in [-0.15, -0.1) is 0 Å². The first kappa shape index (κ1) is 14.6. The molecule has 0 spiro atoms. The van der Waals surface area contributed by atoms with Gasteiger partial charge in [0.1, 0.15) is 4.90 Å². The van der Waals surface area contributed by atoms with Crippen LogP contribution in [0.2, 0.25) is 0 Å². The number of unbranched alkanes of at least 4 members (excludes halogenated alkanes) is 1. The quantitative estimate of drug-likeness (QED) is 0.781. The molecule has 0 aliphatic heterocycles. The highest BCUT2D eigenvalue weighted by atomic mass is 79.9. The van der Waals surface area contributed by atoms with Crippen molar-refractivity contribution in [1.29, 1.82) is 0 Å². The van der Waals surface area contributed by atoms with Crippen molar-refractivity contribution in [1.82, 2.24) is 4.72 Å². The predicted octanol–water partition coefficient (Wildman–Crippen LogP) is 1.61. The summed E-state index contributed by atoms with van der Waals surface area (Å²) in [6.45, 7) is 0.762. The molecular weight excluding hydrogens is 311 g/mol. The average Bonchev–Trinajstić information content (AvgIpc) is 2.28. The number of nitrogens with one attached hydrogen (secondary N) is 1. The maximum absolute atomic E-state index is 13.6. The first-order chi connectivity index (χ1) is 7.99. The molecule has 0 saturated carbocycles. The largest absolute Gasteiger partial charge is 0.330 e. The lowest BCUT2D eigenvalue weighted by Crippen LogP contribution is -2.26. The van der Waals surface area contributed by atoms with E-state index >= 15 is 0 Å². The van der Waals surface area contributed by atoms with E-state index in [0.29, 0.717) is 13.0 Å². The van der Waals surface area contributed by atoms with E-state index in [1.165, 1.54) is 18.2 Å². The van der Waals surface area contributed by atoms with Crippen LogP contribution in [0.3, 0.4) is 0 Å². The van der Waals surface area contributed by atoms with Crippen LogP contribution in [-0.2, 0) is 10.0 Å². The fourth-order valence-electron chi connectivity index (χ4n) is 1.25. The fraction of sp³-hybridized carbons (Fsp3) is 0.400. The molecule has 7 heteroatoms. The zero-order chi connectivity index (χ0) is 12.9. The Morgan fingerprint density at radius 3 is 2.71 bits per heavy atom. The first-order valence-corrected chi connectivity index (χ1v) is 7.40. The molecule has 1 aromatic rings. The first-order valence-electron chi connectivity index (χ1n) is 5.13. The molecule has 0 unspecified atom stereocenters. The molecule has 0 heterocycles. The lowest BCUT2D eigenvalue weighted by atomic mass is 10.3. The van der Waals surface area contributed by atoms with Gasteiger partial charge in [0.05, 0.1) is 4.47 Å². The summed E-state index contributed by atoms with van der Waals surface area (Å²) in [5, 5.41) is 0. The van der Waals surface area contributed by atoms with Gasteiger partial charge in [-0.05, 0) is 47.4 Å². The normalized spacial score (nSPS) is 11.7. The SMILES string of the molecule is NCCCCNS(=O)(=O)c1cccc(Br)c1F. The van der Waals surface area contributed by atoms with E-state index in [9.17, 15) is 12.8 Å². The molecule has 0 bridgehead atoms. The molecule has 1 aromatic carbocycles. The van der Waals surface area contributed by atoms with Crippen molar-refractivity contribution in [2.75, 3.05) is 13.1 Å². The van der Waals surface area contributed by atoms with Gasteiger partial charge in [0.15, 0.2) is 5.82 Å². The molecule has 0 fully saturated rings. The van der Waals surface area contributed by atoms with E-state index < -0.39 is 15.8 Å². The number of halogens is 2. The Labute approximate surface area is 109 Å². The van der Waals surface area contributed by atoms with Crippen LogP contribution >= 0.6 is 15.9 Å². The summed E-state index contributed by atoms with van der Waals surface area (Å²) < 4.78 is 39.6.